The summed E-state index contributed by atoms with van der Waals surface area (Å²) in [7, 11) is 0. The lowest BCUT2D eigenvalue weighted by Gasteiger charge is -2.26. The lowest BCUT2D eigenvalue weighted by atomic mass is 10.1. The number of rotatable bonds is 8. The van der Waals surface area contributed by atoms with E-state index in [-0.39, 0.29) is 12.2 Å². The third-order valence-electron chi connectivity index (χ3n) is 5.28. The number of nitrogens with one attached hydrogen (secondary N) is 1. The highest BCUT2D eigenvalue weighted by Crippen LogP contribution is 2.29. The summed E-state index contributed by atoms with van der Waals surface area (Å²) >= 11 is 12.4. The first-order valence-electron chi connectivity index (χ1n) is 11.2. The van der Waals surface area contributed by atoms with Crippen LogP contribution in [0.25, 0.3) is 6.08 Å². The molecule has 4 rings (SSSR count). The minimum atomic E-state index is -0.842. The van der Waals surface area contributed by atoms with Crippen molar-refractivity contribution in [1.29, 1.82) is 0 Å². The first-order chi connectivity index (χ1) is 17.4. The topological polar surface area (TPSA) is 84.9 Å². The number of barbiturate groups is 1. The molecule has 184 valence electrons. The third kappa shape index (κ3) is 5.70. The van der Waals surface area contributed by atoms with Gasteiger partial charge in [0.2, 0.25) is 0 Å². The molecule has 1 aliphatic heterocycles. The van der Waals surface area contributed by atoms with Crippen molar-refractivity contribution in [1.82, 2.24) is 5.32 Å². The first-order valence-corrected chi connectivity index (χ1v) is 11.9. The van der Waals surface area contributed by atoms with E-state index >= 15 is 0 Å². The molecule has 1 N–H and O–H groups in total. The van der Waals surface area contributed by atoms with E-state index in [1.165, 1.54) is 6.08 Å². The van der Waals surface area contributed by atoms with Gasteiger partial charge in [0, 0.05) is 21.2 Å². The number of amides is 4. The molecule has 3 aromatic carbocycles. The summed E-state index contributed by atoms with van der Waals surface area (Å²) in [5.74, 6) is -0.603. The molecule has 1 aliphatic rings. The number of hydrogen-bond acceptors (Lipinski definition) is 5. The van der Waals surface area contributed by atoms with Gasteiger partial charge in [0.25, 0.3) is 11.8 Å². The predicted octanol–water partition coefficient (Wildman–Crippen LogP) is 6.03. The van der Waals surface area contributed by atoms with E-state index in [0.29, 0.717) is 39.4 Å². The van der Waals surface area contributed by atoms with Crippen LogP contribution in [0.2, 0.25) is 10.0 Å². The summed E-state index contributed by atoms with van der Waals surface area (Å²) in [6.45, 7) is 2.70. The largest absolute Gasteiger partial charge is 0.494 e. The summed E-state index contributed by atoms with van der Waals surface area (Å²) in [4.78, 5) is 39.3. The van der Waals surface area contributed by atoms with Crippen LogP contribution < -0.4 is 19.7 Å². The number of halogens is 2. The highest BCUT2D eigenvalue weighted by molar-refractivity contribution is 6.39. The maximum atomic E-state index is 13.3. The van der Waals surface area contributed by atoms with Crippen LogP contribution in [-0.4, -0.2) is 24.5 Å². The van der Waals surface area contributed by atoms with Crippen LogP contribution in [0.5, 0.6) is 11.5 Å². The van der Waals surface area contributed by atoms with Gasteiger partial charge in [-0.2, -0.15) is 0 Å². The number of carbonyl (C=O) groups excluding carboxylic acids is 3. The van der Waals surface area contributed by atoms with E-state index in [1.54, 1.807) is 48.5 Å². The molecule has 0 unspecified atom stereocenters. The number of carbonyl (C=O) groups is 3. The number of imide groups is 2. The molecular formula is C27H22Cl2N2O5. The zero-order valence-corrected chi connectivity index (χ0v) is 20.8. The summed E-state index contributed by atoms with van der Waals surface area (Å²) in [5, 5.41) is 3.14. The third-order valence-corrected chi connectivity index (χ3v) is 5.89. The van der Waals surface area contributed by atoms with Gasteiger partial charge in [0.05, 0.1) is 12.3 Å². The minimum Gasteiger partial charge on any atom is -0.494 e. The Kier molecular flexibility index (Phi) is 7.93. The molecule has 9 heteroatoms. The van der Waals surface area contributed by atoms with Crippen molar-refractivity contribution in [2.75, 3.05) is 11.5 Å². The zero-order chi connectivity index (χ0) is 25.7. The van der Waals surface area contributed by atoms with Crippen molar-refractivity contribution in [3.63, 3.8) is 0 Å². The summed E-state index contributed by atoms with van der Waals surface area (Å²) < 4.78 is 11.5. The second kappa shape index (κ2) is 11.3. The molecule has 1 fully saturated rings. The van der Waals surface area contributed by atoms with Gasteiger partial charge >= 0.3 is 6.03 Å². The van der Waals surface area contributed by atoms with Crippen molar-refractivity contribution in [3.8, 4) is 11.5 Å². The van der Waals surface area contributed by atoms with Crippen molar-refractivity contribution in [3.05, 3.63) is 93.5 Å². The smallest absolute Gasteiger partial charge is 0.335 e. The highest BCUT2D eigenvalue weighted by atomic mass is 35.5. The van der Waals surface area contributed by atoms with Crippen LogP contribution in [0.1, 0.15) is 24.5 Å². The highest BCUT2D eigenvalue weighted by Gasteiger charge is 2.37. The molecule has 0 aliphatic carbocycles. The number of urea groups is 1. The number of nitrogens with zero attached hydrogens (tertiary/aromatic N) is 1. The van der Waals surface area contributed by atoms with Crippen LogP contribution in [0.15, 0.2) is 72.3 Å². The molecule has 3 aromatic rings. The molecule has 0 bridgehead atoms. The van der Waals surface area contributed by atoms with Crippen LogP contribution in [-0.2, 0) is 16.2 Å². The maximum absolute atomic E-state index is 13.3. The van der Waals surface area contributed by atoms with Gasteiger partial charge < -0.3 is 9.47 Å². The van der Waals surface area contributed by atoms with E-state index in [2.05, 4.69) is 5.32 Å². The number of benzene rings is 3. The van der Waals surface area contributed by atoms with E-state index in [0.717, 1.165) is 16.9 Å². The number of ether oxygens (including phenoxy) is 2. The average molecular weight is 525 g/mol. The fraction of sp³-hybridized carbons (Fsp3) is 0.148. The molecule has 7 nitrogen and oxygen atoms in total. The van der Waals surface area contributed by atoms with E-state index in [4.69, 9.17) is 32.7 Å². The standard InChI is InChI=1S/C27H22Cl2N2O5/c1-2-13-35-21-10-8-20(9-11-21)31-26(33)22(25(32)30-27(31)34)15-18-14-19(28)7-12-24(18)36-16-17-5-3-4-6-23(17)29/h3-12,14-15H,2,13,16H2,1H3,(H,30,32,34)/b22-15-. The molecular weight excluding hydrogens is 503 g/mol. The molecule has 0 atom stereocenters. The quantitative estimate of drug-likeness (QED) is 0.287. The fourth-order valence-electron chi connectivity index (χ4n) is 3.49. The molecule has 0 spiro atoms. The Morgan fingerprint density at radius 2 is 1.69 bits per heavy atom. The second-order valence-electron chi connectivity index (χ2n) is 7.86. The lowest BCUT2D eigenvalue weighted by molar-refractivity contribution is -0.122. The van der Waals surface area contributed by atoms with Crippen LogP contribution in [0, 0.1) is 0 Å². The lowest BCUT2D eigenvalue weighted by Crippen LogP contribution is -2.54. The van der Waals surface area contributed by atoms with Gasteiger partial charge in [-0.15, -0.1) is 0 Å². The Bertz CT molecular complexity index is 1340. The predicted molar refractivity (Wildman–Crippen MR) is 138 cm³/mol. The Hall–Kier alpha value is -3.81. The van der Waals surface area contributed by atoms with Crippen LogP contribution in [0.4, 0.5) is 10.5 Å². The van der Waals surface area contributed by atoms with Crippen molar-refractivity contribution in [2.45, 2.75) is 20.0 Å². The van der Waals surface area contributed by atoms with Gasteiger partial charge in [0.15, 0.2) is 0 Å². The van der Waals surface area contributed by atoms with Crippen LogP contribution >= 0.6 is 23.2 Å². The second-order valence-corrected chi connectivity index (χ2v) is 8.71. The molecule has 36 heavy (non-hydrogen) atoms. The Balaban J connectivity index is 1.63. The molecule has 0 aromatic heterocycles. The fourth-order valence-corrected chi connectivity index (χ4v) is 3.86. The Morgan fingerprint density at radius 1 is 0.944 bits per heavy atom. The summed E-state index contributed by atoms with van der Waals surface area (Å²) in [6, 6.07) is 17.7. The minimum absolute atomic E-state index is 0.161. The molecule has 1 heterocycles. The SMILES string of the molecule is CCCOc1ccc(N2C(=O)NC(=O)/C(=C/c3cc(Cl)ccc3OCc3ccccc3Cl)C2=O)cc1. The Morgan fingerprint density at radius 3 is 2.42 bits per heavy atom. The first kappa shape index (κ1) is 25.3. The molecule has 4 amide bonds. The molecule has 1 saturated heterocycles. The number of anilines is 1. The van der Waals surface area contributed by atoms with E-state index in [1.807, 2.05) is 25.1 Å². The van der Waals surface area contributed by atoms with Gasteiger partial charge in [-0.05, 0) is 61.0 Å². The van der Waals surface area contributed by atoms with Gasteiger partial charge in [0.1, 0.15) is 23.7 Å². The summed E-state index contributed by atoms with van der Waals surface area (Å²) in [5.41, 5.74) is 1.21. The normalized spacial score (nSPS) is 14.7. The molecule has 0 radical (unpaired) electrons. The Labute approximate surface area is 218 Å². The van der Waals surface area contributed by atoms with Crippen LogP contribution in [0.3, 0.4) is 0 Å². The van der Waals surface area contributed by atoms with Crippen molar-refractivity contribution < 1.29 is 23.9 Å². The summed E-state index contributed by atoms with van der Waals surface area (Å²) in [6.07, 6.45) is 2.20. The van der Waals surface area contributed by atoms with Crippen molar-refractivity contribution in [2.24, 2.45) is 0 Å². The van der Waals surface area contributed by atoms with E-state index in [9.17, 15) is 14.4 Å². The van der Waals surface area contributed by atoms with Gasteiger partial charge in [-0.25, -0.2) is 9.69 Å². The average Bonchev–Trinajstić information content (AvgIpc) is 2.86. The van der Waals surface area contributed by atoms with Gasteiger partial charge in [-0.1, -0.05) is 48.3 Å². The van der Waals surface area contributed by atoms with Crippen molar-refractivity contribution >= 4 is 52.8 Å². The molecule has 0 saturated carbocycles. The maximum Gasteiger partial charge on any atom is 0.335 e. The monoisotopic (exact) mass is 524 g/mol. The number of hydrogen-bond donors (Lipinski definition) is 1. The van der Waals surface area contributed by atoms with Gasteiger partial charge in [-0.3, -0.25) is 14.9 Å². The zero-order valence-electron chi connectivity index (χ0n) is 19.3. The van der Waals surface area contributed by atoms with E-state index < -0.39 is 17.8 Å².